The van der Waals surface area contributed by atoms with Gasteiger partial charge in [0, 0.05) is 18.6 Å². The van der Waals surface area contributed by atoms with Gasteiger partial charge in [0.05, 0.1) is 11.3 Å². The number of nitrogens with one attached hydrogen (secondary N) is 1. The molecule has 2 aromatic carbocycles. The zero-order valence-electron chi connectivity index (χ0n) is 21.1. The molecule has 2 atom stereocenters. The van der Waals surface area contributed by atoms with E-state index in [0.717, 1.165) is 22.3 Å². The summed E-state index contributed by atoms with van der Waals surface area (Å²) in [4.78, 5) is 12.1. The van der Waals surface area contributed by atoms with Crippen molar-refractivity contribution in [3.63, 3.8) is 0 Å². The molecule has 0 aliphatic heterocycles. The molecule has 2 rings (SSSR count). The molecule has 0 amide bonds. The Kier molecular flexibility index (Phi) is 9.45. The summed E-state index contributed by atoms with van der Waals surface area (Å²) in [6, 6.07) is 11.9. The lowest BCUT2D eigenvalue weighted by molar-refractivity contribution is -0.137. The highest BCUT2D eigenvalue weighted by Crippen LogP contribution is 2.34. The van der Waals surface area contributed by atoms with Crippen LogP contribution in [0.2, 0.25) is 0 Å². The average Bonchev–Trinajstić information content (AvgIpc) is 2.71. The Morgan fingerprint density at radius 1 is 1.06 bits per heavy atom. The standard InChI is InChI=1S/C27H39NO5S/c1-18(2)15-25(28-34(32,33)22-10-7-19(3)8-11-22)24(17-26(30)31)23-12-9-21(27(4,5)6)16-20(23)13-14-29/h7-12,16,18,24-25,28-29H,13-15,17H2,1-6H3,(H,30,31)/t24?,25-/m1/s1. The smallest absolute Gasteiger partial charge is 0.304 e. The van der Waals surface area contributed by atoms with Crippen molar-refractivity contribution in [2.24, 2.45) is 5.92 Å². The predicted molar refractivity (Wildman–Crippen MR) is 136 cm³/mol. The molecule has 0 aromatic heterocycles. The minimum Gasteiger partial charge on any atom is -0.481 e. The number of benzene rings is 2. The maximum atomic E-state index is 13.3. The number of rotatable bonds is 11. The Morgan fingerprint density at radius 3 is 2.18 bits per heavy atom. The van der Waals surface area contributed by atoms with Crippen molar-refractivity contribution < 1.29 is 23.4 Å². The predicted octanol–water partition coefficient (Wildman–Crippen LogP) is 4.78. The lowest BCUT2D eigenvalue weighted by atomic mass is 9.79. The first-order chi connectivity index (χ1) is 15.7. The zero-order valence-corrected chi connectivity index (χ0v) is 21.9. The van der Waals surface area contributed by atoms with Crippen molar-refractivity contribution in [1.29, 1.82) is 0 Å². The van der Waals surface area contributed by atoms with Gasteiger partial charge in [0.25, 0.3) is 0 Å². The van der Waals surface area contributed by atoms with E-state index in [2.05, 4.69) is 25.5 Å². The molecular formula is C27H39NO5S. The van der Waals surface area contributed by atoms with Crippen molar-refractivity contribution in [2.45, 2.75) is 83.1 Å². The summed E-state index contributed by atoms with van der Waals surface area (Å²) >= 11 is 0. The van der Waals surface area contributed by atoms with Crippen LogP contribution in [-0.4, -0.2) is 37.2 Å². The fourth-order valence-electron chi connectivity index (χ4n) is 4.22. The molecule has 0 bridgehead atoms. The van der Waals surface area contributed by atoms with Gasteiger partial charge >= 0.3 is 5.97 Å². The van der Waals surface area contributed by atoms with E-state index in [1.54, 1.807) is 24.3 Å². The third kappa shape index (κ3) is 7.65. The van der Waals surface area contributed by atoms with Crippen LogP contribution >= 0.6 is 0 Å². The third-order valence-electron chi connectivity index (χ3n) is 6.03. The van der Waals surface area contributed by atoms with Gasteiger partial charge in [-0.25, -0.2) is 13.1 Å². The summed E-state index contributed by atoms with van der Waals surface area (Å²) in [7, 11) is -3.86. The van der Waals surface area contributed by atoms with Crippen LogP contribution in [0.1, 0.15) is 75.6 Å². The second kappa shape index (κ2) is 11.5. The average molecular weight is 490 g/mol. The molecule has 7 heteroatoms. The molecular weight excluding hydrogens is 450 g/mol. The van der Waals surface area contributed by atoms with E-state index < -0.39 is 28.0 Å². The SMILES string of the molecule is Cc1ccc(S(=O)(=O)N[C@H](CC(C)C)C(CC(=O)O)c2ccc(C(C)(C)C)cc2CCO)cc1. The summed E-state index contributed by atoms with van der Waals surface area (Å²) in [5.41, 5.74) is 3.53. The lowest BCUT2D eigenvalue weighted by Crippen LogP contribution is -2.41. The maximum Gasteiger partial charge on any atom is 0.304 e. The number of carbonyl (C=O) groups is 1. The van der Waals surface area contributed by atoms with E-state index in [-0.39, 0.29) is 29.3 Å². The topological polar surface area (TPSA) is 104 Å². The van der Waals surface area contributed by atoms with Crippen LogP contribution in [0.4, 0.5) is 0 Å². The van der Waals surface area contributed by atoms with Crippen LogP contribution < -0.4 is 4.72 Å². The highest BCUT2D eigenvalue weighted by atomic mass is 32.2. The summed E-state index contributed by atoms with van der Waals surface area (Å²) in [6.45, 7) is 12.1. The van der Waals surface area contributed by atoms with E-state index in [1.165, 1.54) is 0 Å². The first kappa shape index (κ1) is 28.0. The Bertz CT molecular complexity index is 1070. The van der Waals surface area contributed by atoms with Crippen molar-refractivity contribution >= 4 is 16.0 Å². The van der Waals surface area contributed by atoms with Gasteiger partial charge in [-0.15, -0.1) is 0 Å². The van der Waals surface area contributed by atoms with Crippen molar-refractivity contribution in [3.8, 4) is 0 Å². The monoisotopic (exact) mass is 489 g/mol. The number of hydrogen-bond acceptors (Lipinski definition) is 4. The Morgan fingerprint density at radius 2 is 1.68 bits per heavy atom. The van der Waals surface area contributed by atoms with Crippen LogP contribution in [0.25, 0.3) is 0 Å². The molecule has 0 fully saturated rings. The maximum absolute atomic E-state index is 13.3. The fraction of sp³-hybridized carbons (Fsp3) is 0.519. The summed E-state index contributed by atoms with van der Waals surface area (Å²) in [5, 5.41) is 19.5. The van der Waals surface area contributed by atoms with Crippen LogP contribution in [0.15, 0.2) is 47.4 Å². The molecule has 34 heavy (non-hydrogen) atoms. The van der Waals surface area contributed by atoms with Gasteiger partial charge in [0.15, 0.2) is 0 Å². The van der Waals surface area contributed by atoms with Crippen LogP contribution in [0.3, 0.4) is 0 Å². The van der Waals surface area contributed by atoms with E-state index in [9.17, 15) is 23.4 Å². The van der Waals surface area contributed by atoms with Crippen molar-refractivity contribution in [3.05, 3.63) is 64.7 Å². The van der Waals surface area contributed by atoms with E-state index >= 15 is 0 Å². The summed E-state index contributed by atoms with van der Waals surface area (Å²) in [5.74, 6) is -1.45. The van der Waals surface area contributed by atoms with Crippen molar-refractivity contribution in [2.75, 3.05) is 6.61 Å². The molecule has 0 spiro atoms. The molecule has 188 valence electrons. The van der Waals surface area contributed by atoms with Gasteiger partial charge in [0.1, 0.15) is 0 Å². The number of aliphatic hydroxyl groups excluding tert-OH is 1. The van der Waals surface area contributed by atoms with Gasteiger partial charge in [-0.3, -0.25) is 4.79 Å². The van der Waals surface area contributed by atoms with Gasteiger partial charge in [-0.2, -0.15) is 0 Å². The molecule has 0 saturated carbocycles. The number of hydrogen-bond donors (Lipinski definition) is 3. The Hall–Kier alpha value is -2.22. The van der Waals surface area contributed by atoms with Crippen LogP contribution in [0.5, 0.6) is 0 Å². The number of aliphatic carboxylic acids is 1. The number of sulfonamides is 1. The first-order valence-electron chi connectivity index (χ1n) is 11.8. The Labute approximate surface area is 204 Å². The minimum absolute atomic E-state index is 0.0790. The number of carboxylic acids is 1. The molecule has 1 unspecified atom stereocenters. The molecule has 0 saturated heterocycles. The van der Waals surface area contributed by atoms with Gasteiger partial charge in [-0.1, -0.05) is 70.5 Å². The number of carboxylic acid groups (broad SMARTS) is 1. The van der Waals surface area contributed by atoms with Crippen LogP contribution in [-0.2, 0) is 26.7 Å². The van der Waals surface area contributed by atoms with E-state index in [4.69, 9.17) is 0 Å². The summed E-state index contributed by atoms with van der Waals surface area (Å²) in [6.07, 6.45) is 0.623. The fourth-order valence-corrected chi connectivity index (χ4v) is 5.50. The van der Waals surface area contributed by atoms with E-state index in [0.29, 0.717) is 12.8 Å². The van der Waals surface area contributed by atoms with Gasteiger partial charge < -0.3 is 10.2 Å². The highest BCUT2D eigenvalue weighted by Gasteiger charge is 2.32. The van der Waals surface area contributed by atoms with E-state index in [1.807, 2.05) is 39.0 Å². The molecule has 0 aliphatic carbocycles. The number of aliphatic hydroxyl groups is 1. The number of aryl methyl sites for hydroxylation is 1. The molecule has 0 radical (unpaired) electrons. The first-order valence-corrected chi connectivity index (χ1v) is 13.3. The normalized spacial score (nSPS) is 14.2. The van der Waals surface area contributed by atoms with Crippen molar-refractivity contribution in [1.82, 2.24) is 4.72 Å². The highest BCUT2D eigenvalue weighted by molar-refractivity contribution is 7.89. The molecule has 2 aromatic rings. The molecule has 3 N–H and O–H groups in total. The molecule has 0 aliphatic rings. The molecule has 0 heterocycles. The second-order valence-corrected chi connectivity index (χ2v) is 12.2. The third-order valence-corrected chi connectivity index (χ3v) is 7.54. The Balaban J connectivity index is 2.59. The zero-order chi connectivity index (χ0) is 25.7. The molecule has 6 nitrogen and oxygen atoms in total. The van der Waals surface area contributed by atoms with Crippen LogP contribution in [0, 0.1) is 12.8 Å². The summed E-state index contributed by atoms with van der Waals surface area (Å²) < 4.78 is 29.3. The second-order valence-electron chi connectivity index (χ2n) is 10.5. The largest absolute Gasteiger partial charge is 0.481 e. The van der Waals surface area contributed by atoms with Gasteiger partial charge in [-0.05, 0) is 59.9 Å². The van der Waals surface area contributed by atoms with Gasteiger partial charge in [0.2, 0.25) is 10.0 Å². The quantitative estimate of drug-likeness (QED) is 0.421. The minimum atomic E-state index is -3.86. The lowest BCUT2D eigenvalue weighted by Gasteiger charge is -2.31.